The minimum atomic E-state index is -0.465. The van der Waals surface area contributed by atoms with Crippen molar-refractivity contribution in [2.24, 2.45) is 5.41 Å². The van der Waals surface area contributed by atoms with Crippen molar-refractivity contribution in [3.05, 3.63) is 36.3 Å². The van der Waals surface area contributed by atoms with Crippen LogP contribution in [0.25, 0.3) is 11.0 Å². The molecule has 0 unspecified atom stereocenters. The number of nitrogens with zero attached hydrogens (tertiary/aromatic N) is 7. The molecule has 42 heavy (non-hydrogen) atoms. The number of nitrogens with one attached hydrogen (secondary N) is 1. The second-order valence-electron chi connectivity index (χ2n) is 13.4. The highest BCUT2D eigenvalue weighted by Gasteiger charge is 2.47. The third-order valence-corrected chi connectivity index (χ3v) is 8.77. The maximum Gasteiger partial charge on any atom is 0.410 e. The molecule has 0 bridgehead atoms. The van der Waals surface area contributed by atoms with Crippen LogP contribution in [0.4, 0.5) is 22.2 Å². The van der Waals surface area contributed by atoms with Crippen LogP contribution in [-0.4, -0.2) is 87.2 Å². The Morgan fingerprint density at radius 1 is 1.05 bits per heavy atom. The zero-order valence-corrected chi connectivity index (χ0v) is 25.4. The summed E-state index contributed by atoms with van der Waals surface area (Å²) in [4.78, 5) is 45.2. The Labute approximate surface area is 247 Å². The van der Waals surface area contributed by atoms with Crippen molar-refractivity contribution in [1.82, 2.24) is 29.3 Å². The van der Waals surface area contributed by atoms with E-state index >= 15 is 0 Å². The summed E-state index contributed by atoms with van der Waals surface area (Å²) < 4.78 is 7.64. The van der Waals surface area contributed by atoms with Gasteiger partial charge in [0.15, 0.2) is 0 Å². The molecular formula is C31H42N8O3. The van der Waals surface area contributed by atoms with Crippen molar-refractivity contribution < 1.29 is 14.3 Å². The molecule has 0 atom stereocenters. The smallest absolute Gasteiger partial charge is 0.410 e. The van der Waals surface area contributed by atoms with E-state index in [1.807, 2.05) is 44.0 Å². The fourth-order valence-corrected chi connectivity index (χ4v) is 6.53. The first-order chi connectivity index (χ1) is 20.0. The van der Waals surface area contributed by atoms with Gasteiger partial charge in [-0.05, 0) is 64.7 Å². The van der Waals surface area contributed by atoms with Gasteiger partial charge in [0.1, 0.15) is 22.8 Å². The van der Waals surface area contributed by atoms with Gasteiger partial charge in [0.25, 0.3) is 5.91 Å². The van der Waals surface area contributed by atoms with Crippen LogP contribution >= 0.6 is 0 Å². The lowest BCUT2D eigenvalue weighted by molar-refractivity contribution is -0.0434. The third kappa shape index (κ3) is 5.61. The lowest BCUT2D eigenvalue weighted by atomic mass is 9.72. The Bertz CT molecular complexity index is 1450. The number of anilines is 3. The minimum absolute atomic E-state index is 0.0204. The van der Waals surface area contributed by atoms with E-state index in [-0.39, 0.29) is 23.5 Å². The first kappa shape index (κ1) is 28.2. The topological polar surface area (TPSA) is 109 Å². The predicted octanol–water partition coefficient (Wildman–Crippen LogP) is 5.22. The number of carbonyl (C=O) groups is 2. The molecule has 1 saturated carbocycles. The van der Waals surface area contributed by atoms with Crippen molar-refractivity contribution in [3.63, 3.8) is 0 Å². The standard InChI is InChI=1S/C31H42N8O3/c1-30(2,3)42-29(41)38-19-31(20-38)12-14-37(15-13-31)23-10-11-25(32-18-23)34-28-33-17-21-16-24(27(40)36(4)5)39(26(21)35-28)22-8-6-7-9-22/h10-11,16-18,22H,6-9,12-15,19-20H2,1-5H3,(H,32,33,34,35). The van der Waals surface area contributed by atoms with Crippen LogP contribution in [-0.2, 0) is 4.74 Å². The van der Waals surface area contributed by atoms with Gasteiger partial charge in [-0.1, -0.05) is 12.8 Å². The van der Waals surface area contributed by atoms with Crippen molar-refractivity contribution in [2.45, 2.75) is 70.9 Å². The average molecular weight is 575 g/mol. The molecule has 3 fully saturated rings. The number of amides is 2. The highest BCUT2D eigenvalue weighted by atomic mass is 16.6. The summed E-state index contributed by atoms with van der Waals surface area (Å²) in [5.41, 5.74) is 2.26. The summed E-state index contributed by atoms with van der Waals surface area (Å²) in [5, 5.41) is 4.12. The summed E-state index contributed by atoms with van der Waals surface area (Å²) in [5.74, 6) is 1.11. The Balaban J connectivity index is 1.10. The second-order valence-corrected chi connectivity index (χ2v) is 13.4. The van der Waals surface area contributed by atoms with Gasteiger partial charge in [-0.25, -0.2) is 14.8 Å². The molecule has 224 valence electrons. The van der Waals surface area contributed by atoms with Gasteiger partial charge >= 0.3 is 6.09 Å². The van der Waals surface area contributed by atoms with E-state index < -0.39 is 5.60 Å². The van der Waals surface area contributed by atoms with E-state index in [2.05, 4.69) is 30.8 Å². The van der Waals surface area contributed by atoms with Gasteiger partial charge in [-0.3, -0.25) is 4.79 Å². The van der Waals surface area contributed by atoms with E-state index in [9.17, 15) is 9.59 Å². The molecule has 3 aromatic heterocycles. The zero-order valence-electron chi connectivity index (χ0n) is 25.4. The number of carbonyl (C=O) groups excluding carboxylic acids is 2. The van der Waals surface area contributed by atoms with Gasteiger partial charge in [-0.15, -0.1) is 0 Å². The number of rotatable bonds is 5. The molecule has 1 spiro atoms. The van der Waals surface area contributed by atoms with E-state index in [4.69, 9.17) is 9.72 Å². The molecule has 1 aliphatic carbocycles. The molecule has 1 N–H and O–H groups in total. The van der Waals surface area contributed by atoms with Gasteiger partial charge < -0.3 is 29.3 Å². The fourth-order valence-electron chi connectivity index (χ4n) is 6.53. The molecule has 0 radical (unpaired) electrons. The molecule has 5 heterocycles. The number of fused-ring (bicyclic) bond motifs is 1. The van der Waals surface area contributed by atoms with Crippen LogP contribution in [0.2, 0.25) is 0 Å². The van der Waals surface area contributed by atoms with Crippen LogP contribution in [0.5, 0.6) is 0 Å². The molecule has 11 heteroatoms. The summed E-state index contributed by atoms with van der Waals surface area (Å²) in [7, 11) is 3.56. The average Bonchev–Trinajstić information content (AvgIpc) is 3.58. The first-order valence-electron chi connectivity index (χ1n) is 15.1. The van der Waals surface area contributed by atoms with E-state index in [1.54, 1.807) is 25.2 Å². The van der Waals surface area contributed by atoms with Crippen LogP contribution in [0, 0.1) is 5.41 Å². The fraction of sp³-hybridized carbons (Fsp3) is 0.581. The molecule has 0 aromatic carbocycles. The summed E-state index contributed by atoms with van der Waals surface area (Å²) in [6.07, 6.45) is 9.97. The lowest BCUT2D eigenvalue weighted by Crippen LogP contribution is -2.62. The minimum Gasteiger partial charge on any atom is -0.444 e. The number of hydrogen-bond donors (Lipinski definition) is 1. The van der Waals surface area contributed by atoms with E-state index in [0.717, 1.165) is 81.4 Å². The Kier molecular flexibility index (Phi) is 7.22. The number of pyridine rings is 1. The monoisotopic (exact) mass is 574 g/mol. The number of likely N-dealkylation sites (tertiary alicyclic amines) is 1. The number of piperidine rings is 1. The predicted molar refractivity (Wildman–Crippen MR) is 162 cm³/mol. The highest BCUT2D eigenvalue weighted by Crippen LogP contribution is 2.42. The molecule has 6 rings (SSSR count). The van der Waals surface area contributed by atoms with Crippen LogP contribution < -0.4 is 10.2 Å². The normalized spacial score (nSPS) is 18.8. The quantitative estimate of drug-likeness (QED) is 0.442. The number of aromatic nitrogens is 4. The Morgan fingerprint density at radius 2 is 1.76 bits per heavy atom. The number of ether oxygens (including phenoxy) is 1. The Morgan fingerprint density at radius 3 is 2.38 bits per heavy atom. The Hall–Kier alpha value is -3.89. The highest BCUT2D eigenvalue weighted by molar-refractivity contribution is 5.97. The van der Waals surface area contributed by atoms with E-state index in [1.165, 1.54) is 0 Å². The lowest BCUT2D eigenvalue weighted by Gasteiger charge is -2.53. The van der Waals surface area contributed by atoms with Gasteiger partial charge in [0.05, 0.1) is 11.9 Å². The zero-order chi connectivity index (χ0) is 29.6. The largest absolute Gasteiger partial charge is 0.444 e. The van der Waals surface area contributed by atoms with Gasteiger partial charge in [0.2, 0.25) is 5.95 Å². The third-order valence-electron chi connectivity index (χ3n) is 8.77. The molecular weight excluding hydrogens is 532 g/mol. The summed E-state index contributed by atoms with van der Waals surface area (Å²) >= 11 is 0. The molecule has 3 aliphatic rings. The molecule has 2 saturated heterocycles. The van der Waals surface area contributed by atoms with Gasteiger partial charge in [0, 0.05) is 63.3 Å². The molecule has 3 aromatic rings. The molecule has 11 nitrogen and oxygen atoms in total. The number of hydrogen-bond acceptors (Lipinski definition) is 8. The first-order valence-corrected chi connectivity index (χ1v) is 15.1. The molecule has 2 amide bonds. The summed E-state index contributed by atoms with van der Waals surface area (Å²) in [6.45, 7) is 9.12. The maximum atomic E-state index is 13.0. The van der Waals surface area contributed by atoms with Crippen molar-refractivity contribution in [2.75, 3.05) is 50.5 Å². The van der Waals surface area contributed by atoms with Crippen molar-refractivity contribution in [3.8, 4) is 0 Å². The van der Waals surface area contributed by atoms with Crippen LogP contribution in [0.3, 0.4) is 0 Å². The van der Waals surface area contributed by atoms with Crippen molar-refractivity contribution in [1.29, 1.82) is 0 Å². The van der Waals surface area contributed by atoms with Gasteiger partial charge in [-0.2, -0.15) is 4.98 Å². The SMILES string of the molecule is CN(C)C(=O)c1cc2cnc(Nc3ccc(N4CCC5(CC4)CN(C(=O)OC(C)(C)C)C5)cn3)nc2n1C1CCCC1. The molecule has 2 aliphatic heterocycles. The van der Waals surface area contributed by atoms with Crippen LogP contribution in [0.1, 0.15) is 75.8 Å². The maximum absolute atomic E-state index is 13.0. The summed E-state index contributed by atoms with van der Waals surface area (Å²) in [6, 6.07) is 6.21. The van der Waals surface area contributed by atoms with Crippen molar-refractivity contribution >= 4 is 40.5 Å². The van der Waals surface area contributed by atoms with E-state index in [0.29, 0.717) is 17.5 Å². The second kappa shape index (κ2) is 10.7. The van der Waals surface area contributed by atoms with Crippen LogP contribution in [0.15, 0.2) is 30.6 Å².